The van der Waals surface area contributed by atoms with Crippen molar-refractivity contribution in [1.29, 1.82) is 0 Å². The van der Waals surface area contributed by atoms with E-state index >= 15 is 0 Å². The van der Waals surface area contributed by atoms with Gasteiger partial charge in [-0.1, -0.05) is 13.8 Å². The molecule has 1 amide bonds. The molecule has 15 heavy (non-hydrogen) atoms. The molecule has 0 N–H and O–H groups in total. The van der Waals surface area contributed by atoms with Gasteiger partial charge in [-0.05, 0) is 25.2 Å². The van der Waals surface area contributed by atoms with Crippen LogP contribution >= 0.6 is 0 Å². The van der Waals surface area contributed by atoms with Crippen molar-refractivity contribution < 1.29 is 13.6 Å². The first kappa shape index (κ1) is 12.4. The minimum Gasteiger partial charge on any atom is -0.342 e. The number of carbonyl (C=O) groups is 1. The summed E-state index contributed by atoms with van der Waals surface area (Å²) >= 11 is 0. The number of hydrogen-bond acceptors (Lipinski definition) is 1. The van der Waals surface area contributed by atoms with Gasteiger partial charge in [0, 0.05) is 13.1 Å². The lowest BCUT2D eigenvalue weighted by Gasteiger charge is -2.35. The average molecular weight is 219 g/mol. The number of piperidine rings is 1. The summed E-state index contributed by atoms with van der Waals surface area (Å²) in [6.07, 6.45) is 0.260. The standard InChI is InChI=1S/C11H19F2NO/c1-8-4-5-14(7-9(8)2)10(15)6-11(3,12)13/h8-9H,4-7H2,1-3H3. The van der Waals surface area contributed by atoms with Gasteiger partial charge in [-0.25, -0.2) is 8.78 Å². The molecule has 0 spiro atoms. The van der Waals surface area contributed by atoms with E-state index in [9.17, 15) is 13.6 Å². The molecule has 1 saturated heterocycles. The van der Waals surface area contributed by atoms with Crippen LogP contribution in [0.15, 0.2) is 0 Å². The molecular weight excluding hydrogens is 200 g/mol. The average Bonchev–Trinajstić information content (AvgIpc) is 2.06. The lowest BCUT2D eigenvalue weighted by molar-refractivity contribution is -0.140. The van der Waals surface area contributed by atoms with Crippen molar-refractivity contribution >= 4 is 5.91 Å². The van der Waals surface area contributed by atoms with Gasteiger partial charge in [0.15, 0.2) is 0 Å². The topological polar surface area (TPSA) is 20.3 Å². The first-order valence-electron chi connectivity index (χ1n) is 5.45. The Balaban J connectivity index is 2.48. The number of nitrogens with zero attached hydrogens (tertiary/aromatic N) is 1. The quantitative estimate of drug-likeness (QED) is 0.699. The van der Waals surface area contributed by atoms with Crippen molar-refractivity contribution in [2.24, 2.45) is 11.8 Å². The number of carbonyl (C=O) groups excluding carboxylic acids is 1. The largest absolute Gasteiger partial charge is 0.342 e. The molecule has 0 aromatic heterocycles. The third-order valence-electron chi connectivity index (χ3n) is 3.15. The van der Waals surface area contributed by atoms with Gasteiger partial charge in [0.2, 0.25) is 5.91 Å². The molecule has 0 radical (unpaired) electrons. The normalized spacial score (nSPS) is 27.9. The van der Waals surface area contributed by atoms with Gasteiger partial charge >= 0.3 is 0 Å². The van der Waals surface area contributed by atoms with E-state index in [0.717, 1.165) is 13.3 Å². The Morgan fingerprint density at radius 1 is 1.40 bits per heavy atom. The number of hydrogen-bond donors (Lipinski definition) is 0. The van der Waals surface area contributed by atoms with Crippen LogP contribution < -0.4 is 0 Å². The second-order valence-corrected chi connectivity index (χ2v) is 4.83. The summed E-state index contributed by atoms with van der Waals surface area (Å²) in [5.74, 6) is -2.31. The molecule has 0 aromatic rings. The number of likely N-dealkylation sites (tertiary alicyclic amines) is 1. The monoisotopic (exact) mass is 219 g/mol. The highest BCUT2D eigenvalue weighted by atomic mass is 19.3. The Morgan fingerprint density at radius 3 is 2.47 bits per heavy atom. The molecular formula is C11H19F2NO. The van der Waals surface area contributed by atoms with Gasteiger partial charge in [0.25, 0.3) is 5.92 Å². The molecule has 0 aliphatic carbocycles. The van der Waals surface area contributed by atoms with E-state index in [0.29, 0.717) is 24.9 Å². The zero-order valence-electron chi connectivity index (χ0n) is 9.59. The van der Waals surface area contributed by atoms with Crippen LogP contribution in [0.5, 0.6) is 0 Å². The molecule has 2 nitrogen and oxygen atoms in total. The van der Waals surface area contributed by atoms with Gasteiger partial charge in [0.1, 0.15) is 0 Å². The zero-order valence-corrected chi connectivity index (χ0v) is 9.59. The van der Waals surface area contributed by atoms with Crippen LogP contribution in [0.4, 0.5) is 8.78 Å². The molecule has 2 atom stereocenters. The Morgan fingerprint density at radius 2 is 2.00 bits per heavy atom. The molecule has 0 bridgehead atoms. The van der Waals surface area contributed by atoms with Gasteiger partial charge in [-0.15, -0.1) is 0 Å². The van der Waals surface area contributed by atoms with Gasteiger partial charge < -0.3 is 4.90 Å². The third-order valence-corrected chi connectivity index (χ3v) is 3.15. The summed E-state index contributed by atoms with van der Waals surface area (Å²) in [5.41, 5.74) is 0. The second-order valence-electron chi connectivity index (χ2n) is 4.83. The Kier molecular flexibility index (Phi) is 3.68. The lowest BCUT2D eigenvalue weighted by atomic mass is 9.88. The minimum absolute atomic E-state index is 0.410. The van der Waals surface area contributed by atoms with Crippen LogP contribution in [0.1, 0.15) is 33.6 Å². The molecule has 2 unspecified atom stereocenters. The van der Waals surface area contributed by atoms with Crippen LogP contribution in [0, 0.1) is 11.8 Å². The predicted octanol–water partition coefficient (Wildman–Crippen LogP) is 2.54. The van der Waals surface area contributed by atoms with Crippen molar-refractivity contribution in [3.63, 3.8) is 0 Å². The Hall–Kier alpha value is -0.670. The number of amides is 1. The van der Waals surface area contributed by atoms with Crippen LogP contribution in [0.25, 0.3) is 0 Å². The van der Waals surface area contributed by atoms with E-state index in [2.05, 4.69) is 13.8 Å². The van der Waals surface area contributed by atoms with Crippen molar-refractivity contribution in [3.8, 4) is 0 Å². The maximum absolute atomic E-state index is 12.7. The Labute approximate surface area is 89.6 Å². The zero-order chi connectivity index (χ0) is 11.6. The number of alkyl halides is 2. The van der Waals surface area contributed by atoms with Crippen LogP contribution in [-0.4, -0.2) is 29.8 Å². The summed E-state index contributed by atoms with van der Waals surface area (Å²) in [6, 6.07) is 0. The van der Waals surface area contributed by atoms with Crippen LogP contribution in [-0.2, 0) is 4.79 Å². The van der Waals surface area contributed by atoms with E-state index in [4.69, 9.17) is 0 Å². The van der Waals surface area contributed by atoms with E-state index in [-0.39, 0.29) is 0 Å². The minimum atomic E-state index is -2.89. The smallest absolute Gasteiger partial charge is 0.254 e. The van der Waals surface area contributed by atoms with Crippen LogP contribution in [0.3, 0.4) is 0 Å². The molecule has 4 heteroatoms. The molecule has 1 aliphatic rings. The van der Waals surface area contributed by atoms with Gasteiger partial charge in [0.05, 0.1) is 6.42 Å². The van der Waals surface area contributed by atoms with E-state index in [1.54, 1.807) is 4.90 Å². The van der Waals surface area contributed by atoms with E-state index < -0.39 is 18.3 Å². The third kappa shape index (κ3) is 3.76. The first-order chi connectivity index (χ1) is 6.79. The number of rotatable bonds is 2. The fourth-order valence-corrected chi connectivity index (χ4v) is 1.87. The molecule has 88 valence electrons. The van der Waals surface area contributed by atoms with Gasteiger partial charge in [-0.2, -0.15) is 0 Å². The SMILES string of the molecule is CC1CCN(C(=O)CC(C)(F)F)CC1C. The molecule has 0 aromatic carbocycles. The molecule has 1 heterocycles. The van der Waals surface area contributed by atoms with E-state index in [1.807, 2.05) is 0 Å². The molecule has 1 aliphatic heterocycles. The maximum Gasteiger partial charge on any atom is 0.254 e. The molecule has 0 saturated carbocycles. The maximum atomic E-state index is 12.7. The highest BCUT2D eigenvalue weighted by Gasteiger charge is 2.31. The highest BCUT2D eigenvalue weighted by molar-refractivity contribution is 5.77. The molecule has 1 fully saturated rings. The van der Waals surface area contributed by atoms with Crippen molar-refractivity contribution in [1.82, 2.24) is 4.90 Å². The number of halogens is 2. The fraction of sp³-hybridized carbons (Fsp3) is 0.909. The van der Waals surface area contributed by atoms with Gasteiger partial charge in [-0.3, -0.25) is 4.79 Å². The Bertz CT molecular complexity index is 237. The highest BCUT2D eigenvalue weighted by Crippen LogP contribution is 2.25. The fourth-order valence-electron chi connectivity index (χ4n) is 1.87. The van der Waals surface area contributed by atoms with Crippen molar-refractivity contribution in [2.45, 2.75) is 39.5 Å². The summed E-state index contributed by atoms with van der Waals surface area (Å²) in [7, 11) is 0. The summed E-state index contributed by atoms with van der Waals surface area (Å²) in [6.45, 7) is 6.24. The summed E-state index contributed by atoms with van der Waals surface area (Å²) in [5, 5.41) is 0. The summed E-state index contributed by atoms with van der Waals surface area (Å²) < 4.78 is 25.3. The summed E-state index contributed by atoms with van der Waals surface area (Å²) in [4.78, 5) is 13.1. The van der Waals surface area contributed by atoms with Crippen LogP contribution in [0.2, 0.25) is 0 Å². The lowest BCUT2D eigenvalue weighted by Crippen LogP contribution is -2.43. The van der Waals surface area contributed by atoms with Crippen molar-refractivity contribution in [2.75, 3.05) is 13.1 Å². The predicted molar refractivity (Wildman–Crippen MR) is 54.8 cm³/mol. The molecule has 1 rings (SSSR count). The second kappa shape index (κ2) is 4.45. The van der Waals surface area contributed by atoms with E-state index in [1.165, 1.54) is 0 Å². The van der Waals surface area contributed by atoms with Crippen molar-refractivity contribution in [3.05, 3.63) is 0 Å². The first-order valence-corrected chi connectivity index (χ1v) is 5.45.